The first-order valence-electron chi connectivity index (χ1n) is 4.17. The van der Waals surface area contributed by atoms with E-state index in [1.807, 2.05) is 0 Å². The van der Waals surface area contributed by atoms with Crippen LogP contribution in [0.5, 0.6) is 0 Å². The largest absolute Gasteiger partial charge is 0.360 e. The molecule has 1 heterocycles. The zero-order chi connectivity index (χ0) is 13.1. The van der Waals surface area contributed by atoms with Gasteiger partial charge in [-0.15, -0.1) is 14.6 Å². The zero-order valence-corrected chi connectivity index (χ0v) is 10.6. The highest BCUT2D eigenvalue weighted by Crippen LogP contribution is 2.05. The van der Waals surface area contributed by atoms with Gasteiger partial charge in [0.2, 0.25) is 0 Å². The molecule has 0 saturated carbocycles. The average Bonchev–Trinajstić information content (AvgIpc) is 2.24. The lowest BCUT2D eigenvalue weighted by Crippen LogP contribution is -2.19. The molecular formula is C7H10N2O6S2. The Kier molecular flexibility index (Phi) is 3.91. The van der Waals surface area contributed by atoms with Gasteiger partial charge < -0.3 is 4.18 Å². The van der Waals surface area contributed by atoms with E-state index in [4.69, 9.17) is 0 Å². The van der Waals surface area contributed by atoms with E-state index in [9.17, 15) is 16.8 Å². The smallest absolute Gasteiger partial charge is 0.307 e. The molecule has 0 spiro atoms. The van der Waals surface area contributed by atoms with E-state index in [1.165, 1.54) is 24.4 Å². The summed E-state index contributed by atoms with van der Waals surface area (Å²) >= 11 is 0. The van der Waals surface area contributed by atoms with Gasteiger partial charge in [0.05, 0.1) is 18.7 Å². The molecule has 0 aromatic heterocycles. The SMILES string of the molecule is CS(=O)(=O)OC1=NN(OS(C)(=O)=O)C=CC=C1. The maximum atomic E-state index is 10.9. The van der Waals surface area contributed by atoms with E-state index < -0.39 is 20.2 Å². The fourth-order valence-electron chi connectivity index (χ4n) is 0.805. The monoisotopic (exact) mass is 282 g/mol. The molecule has 8 nitrogen and oxygen atoms in total. The van der Waals surface area contributed by atoms with Crippen molar-refractivity contribution in [2.24, 2.45) is 5.10 Å². The summed E-state index contributed by atoms with van der Waals surface area (Å²) in [6.45, 7) is 0. The van der Waals surface area contributed by atoms with E-state index in [-0.39, 0.29) is 5.90 Å². The van der Waals surface area contributed by atoms with Crippen LogP contribution in [0.25, 0.3) is 0 Å². The summed E-state index contributed by atoms with van der Waals surface area (Å²) in [5.41, 5.74) is 0. The number of rotatable bonds is 3. The number of hydroxylamine groups is 1. The number of allylic oxidation sites excluding steroid dienone is 2. The van der Waals surface area contributed by atoms with Gasteiger partial charge in [-0.1, -0.05) is 6.08 Å². The van der Waals surface area contributed by atoms with E-state index in [2.05, 4.69) is 13.6 Å². The number of nitrogens with zero attached hydrogens (tertiary/aromatic N) is 2. The van der Waals surface area contributed by atoms with E-state index in [1.54, 1.807) is 0 Å². The lowest BCUT2D eigenvalue weighted by atomic mass is 10.5. The third kappa shape index (κ3) is 6.04. The second-order valence-electron chi connectivity index (χ2n) is 3.01. The summed E-state index contributed by atoms with van der Waals surface area (Å²) in [4.78, 5) is 0. The molecule has 17 heavy (non-hydrogen) atoms. The predicted octanol–water partition coefficient (Wildman–Crippen LogP) is -0.447. The summed E-state index contributed by atoms with van der Waals surface area (Å²) in [6, 6.07) is 0. The Morgan fingerprint density at radius 1 is 1.12 bits per heavy atom. The van der Waals surface area contributed by atoms with Crippen LogP contribution in [0.3, 0.4) is 0 Å². The molecular weight excluding hydrogens is 272 g/mol. The van der Waals surface area contributed by atoms with Gasteiger partial charge in [-0.3, -0.25) is 0 Å². The first-order chi connectivity index (χ1) is 7.66. The van der Waals surface area contributed by atoms with Crippen molar-refractivity contribution in [2.45, 2.75) is 0 Å². The topological polar surface area (TPSA) is 102 Å². The van der Waals surface area contributed by atoms with Crippen molar-refractivity contribution < 1.29 is 25.3 Å². The highest BCUT2D eigenvalue weighted by atomic mass is 32.2. The van der Waals surface area contributed by atoms with Crippen LogP contribution in [-0.2, 0) is 28.7 Å². The van der Waals surface area contributed by atoms with E-state index >= 15 is 0 Å². The minimum absolute atomic E-state index is 0.318. The van der Waals surface area contributed by atoms with Crippen LogP contribution in [0.4, 0.5) is 0 Å². The third-order valence-electron chi connectivity index (χ3n) is 1.21. The summed E-state index contributed by atoms with van der Waals surface area (Å²) in [7, 11) is -7.52. The fraction of sp³-hybridized carbons (Fsp3) is 0.286. The van der Waals surface area contributed by atoms with Crippen LogP contribution in [0.1, 0.15) is 0 Å². The Morgan fingerprint density at radius 3 is 2.29 bits per heavy atom. The molecule has 0 bridgehead atoms. The van der Waals surface area contributed by atoms with Gasteiger partial charge in [-0.25, -0.2) is 0 Å². The summed E-state index contributed by atoms with van der Waals surface area (Å²) in [6.07, 6.45) is 6.89. The highest BCUT2D eigenvalue weighted by molar-refractivity contribution is 7.86. The normalized spacial score (nSPS) is 16.6. The average molecular weight is 282 g/mol. The fourth-order valence-corrected chi connectivity index (χ4v) is 1.56. The minimum atomic E-state index is -3.77. The molecule has 10 heteroatoms. The predicted molar refractivity (Wildman–Crippen MR) is 59.4 cm³/mol. The molecule has 0 aliphatic carbocycles. The van der Waals surface area contributed by atoms with Crippen molar-refractivity contribution in [3.05, 3.63) is 24.4 Å². The Hall–Kier alpha value is -1.39. The highest BCUT2D eigenvalue weighted by Gasteiger charge is 2.13. The van der Waals surface area contributed by atoms with Crippen LogP contribution >= 0.6 is 0 Å². The number of hydrogen-bond donors (Lipinski definition) is 0. The third-order valence-corrected chi connectivity index (χ3v) is 2.11. The van der Waals surface area contributed by atoms with Crippen molar-refractivity contribution in [2.75, 3.05) is 12.5 Å². The van der Waals surface area contributed by atoms with Gasteiger partial charge >= 0.3 is 10.1 Å². The molecule has 0 atom stereocenters. The van der Waals surface area contributed by atoms with Gasteiger partial charge in [0.15, 0.2) is 0 Å². The molecule has 1 rings (SSSR count). The lowest BCUT2D eigenvalue weighted by Gasteiger charge is -2.11. The minimum Gasteiger partial charge on any atom is -0.360 e. The van der Waals surface area contributed by atoms with Crippen LogP contribution < -0.4 is 0 Å². The van der Waals surface area contributed by atoms with Crippen molar-refractivity contribution in [1.82, 2.24) is 5.17 Å². The Morgan fingerprint density at radius 2 is 1.76 bits per heavy atom. The Balaban J connectivity index is 2.91. The molecule has 1 aliphatic heterocycles. The molecule has 0 aromatic rings. The molecule has 0 saturated heterocycles. The summed E-state index contributed by atoms with van der Waals surface area (Å²) < 4.78 is 52.4. The maximum Gasteiger partial charge on any atom is 0.307 e. The summed E-state index contributed by atoms with van der Waals surface area (Å²) in [5, 5.41) is 4.10. The van der Waals surface area contributed by atoms with Crippen molar-refractivity contribution in [3.8, 4) is 0 Å². The van der Waals surface area contributed by atoms with E-state index in [0.29, 0.717) is 5.17 Å². The molecule has 96 valence electrons. The lowest BCUT2D eigenvalue weighted by molar-refractivity contribution is 0.00348. The van der Waals surface area contributed by atoms with Gasteiger partial charge in [-0.2, -0.15) is 16.8 Å². The van der Waals surface area contributed by atoms with Gasteiger partial charge in [-0.05, 0) is 6.08 Å². The second-order valence-corrected chi connectivity index (χ2v) is 6.14. The zero-order valence-electron chi connectivity index (χ0n) is 8.97. The quantitative estimate of drug-likeness (QED) is 0.646. The van der Waals surface area contributed by atoms with Crippen molar-refractivity contribution in [3.63, 3.8) is 0 Å². The number of hydrazone groups is 1. The summed E-state index contributed by atoms with van der Waals surface area (Å²) in [5.74, 6) is -0.318. The molecule has 1 aliphatic rings. The number of hydrogen-bond acceptors (Lipinski definition) is 8. The molecule has 0 N–H and O–H groups in total. The van der Waals surface area contributed by atoms with Crippen LogP contribution in [0.15, 0.2) is 29.5 Å². The maximum absolute atomic E-state index is 10.9. The van der Waals surface area contributed by atoms with Gasteiger partial charge in [0.1, 0.15) is 0 Å². The van der Waals surface area contributed by atoms with Crippen molar-refractivity contribution in [1.29, 1.82) is 0 Å². The van der Waals surface area contributed by atoms with Crippen LogP contribution in [-0.4, -0.2) is 40.4 Å². The van der Waals surface area contributed by atoms with Crippen LogP contribution in [0.2, 0.25) is 0 Å². The standard InChI is InChI=1S/C7H10N2O6S2/c1-16(10,11)14-7-5-3-4-6-9(8-7)15-17(2,12)13/h3-6H,1-2H3. The Labute approximate surface area is 99.0 Å². The molecule has 0 radical (unpaired) electrons. The first-order valence-corrected chi connectivity index (χ1v) is 7.81. The Bertz CT molecular complexity index is 571. The molecule has 0 aromatic carbocycles. The molecule has 0 fully saturated rings. The van der Waals surface area contributed by atoms with Gasteiger partial charge in [0, 0.05) is 6.08 Å². The second kappa shape index (κ2) is 4.85. The molecule has 0 amide bonds. The van der Waals surface area contributed by atoms with Gasteiger partial charge in [0.25, 0.3) is 16.0 Å². The van der Waals surface area contributed by atoms with Crippen LogP contribution in [0, 0.1) is 0 Å². The first kappa shape index (κ1) is 13.7. The molecule has 0 unspecified atom stereocenters. The van der Waals surface area contributed by atoms with Crippen molar-refractivity contribution >= 4 is 26.1 Å². The van der Waals surface area contributed by atoms with E-state index in [0.717, 1.165) is 12.5 Å².